The molecule has 3 nitrogen and oxygen atoms in total. The van der Waals surface area contributed by atoms with Crippen molar-refractivity contribution in [2.45, 2.75) is 65.1 Å². The number of ether oxygens (including phenoxy) is 3. The molecule has 1 saturated heterocycles. The number of benzene rings is 2. The minimum Gasteiger partial charge on any atom is -0.494 e. The van der Waals surface area contributed by atoms with Crippen molar-refractivity contribution in [3.8, 4) is 16.9 Å². The summed E-state index contributed by atoms with van der Waals surface area (Å²) in [5, 5.41) is 0. The summed E-state index contributed by atoms with van der Waals surface area (Å²) in [6, 6.07) is 13.2. The van der Waals surface area contributed by atoms with Crippen molar-refractivity contribution < 1.29 is 18.6 Å². The quantitative estimate of drug-likeness (QED) is 0.379. The Bertz CT molecular complexity index is 751. The number of hydrogen-bond donors (Lipinski definition) is 0. The van der Waals surface area contributed by atoms with Gasteiger partial charge in [-0.2, -0.15) is 0 Å². The average molecular weight is 415 g/mol. The minimum absolute atomic E-state index is 0.111. The van der Waals surface area contributed by atoms with Crippen LogP contribution in [0.1, 0.15) is 57.9 Å². The molecule has 2 aromatic carbocycles. The molecule has 2 aromatic rings. The smallest absolute Gasteiger partial charge is 0.157 e. The van der Waals surface area contributed by atoms with Crippen molar-refractivity contribution in [1.82, 2.24) is 0 Å². The number of hydrogen-bond acceptors (Lipinski definition) is 3. The van der Waals surface area contributed by atoms with Crippen LogP contribution in [0.2, 0.25) is 0 Å². The molecule has 0 aliphatic carbocycles. The predicted molar refractivity (Wildman–Crippen MR) is 119 cm³/mol. The molecule has 1 aliphatic heterocycles. The maximum Gasteiger partial charge on any atom is 0.157 e. The third kappa shape index (κ3) is 6.82. The zero-order valence-corrected chi connectivity index (χ0v) is 18.4. The third-order valence-corrected chi connectivity index (χ3v) is 5.60. The van der Waals surface area contributed by atoms with Crippen LogP contribution in [0.5, 0.6) is 5.75 Å². The van der Waals surface area contributed by atoms with Crippen LogP contribution in [-0.4, -0.2) is 26.1 Å². The van der Waals surface area contributed by atoms with Crippen LogP contribution in [0.15, 0.2) is 42.5 Å². The SMILES string of the molecule is CCCCCC1COC(CCc2ccc(-c3ccc(OCCC)cc3F)cc2)OC1. The molecule has 1 aliphatic rings. The van der Waals surface area contributed by atoms with Crippen LogP contribution in [0, 0.1) is 11.7 Å². The maximum absolute atomic E-state index is 14.5. The summed E-state index contributed by atoms with van der Waals surface area (Å²) in [6.07, 6.45) is 7.53. The van der Waals surface area contributed by atoms with Crippen molar-refractivity contribution in [3.63, 3.8) is 0 Å². The summed E-state index contributed by atoms with van der Waals surface area (Å²) in [7, 11) is 0. The normalized spacial score (nSPS) is 19.0. The zero-order valence-electron chi connectivity index (χ0n) is 18.4. The van der Waals surface area contributed by atoms with Crippen molar-refractivity contribution in [1.29, 1.82) is 0 Å². The molecule has 3 rings (SSSR count). The van der Waals surface area contributed by atoms with Crippen molar-refractivity contribution in [3.05, 3.63) is 53.8 Å². The molecule has 0 aromatic heterocycles. The van der Waals surface area contributed by atoms with E-state index in [4.69, 9.17) is 14.2 Å². The van der Waals surface area contributed by atoms with E-state index in [-0.39, 0.29) is 12.1 Å². The molecule has 0 spiro atoms. The Labute approximate surface area is 180 Å². The van der Waals surface area contributed by atoms with Gasteiger partial charge in [0.15, 0.2) is 6.29 Å². The lowest BCUT2D eigenvalue weighted by atomic mass is 10.0. The van der Waals surface area contributed by atoms with E-state index >= 15 is 0 Å². The second-order valence-electron chi connectivity index (χ2n) is 8.18. The lowest BCUT2D eigenvalue weighted by Crippen LogP contribution is -2.32. The summed E-state index contributed by atoms with van der Waals surface area (Å²) in [5.74, 6) is 0.865. The van der Waals surface area contributed by atoms with Crippen LogP contribution >= 0.6 is 0 Å². The van der Waals surface area contributed by atoms with Gasteiger partial charge in [0.25, 0.3) is 0 Å². The molecule has 0 radical (unpaired) electrons. The van der Waals surface area contributed by atoms with E-state index in [1.54, 1.807) is 6.07 Å². The molecule has 0 unspecified atom stereocenters. The van der Waals surface area contributed by atoms with E-state index < -0.39 is 0 Å². The lowest BCUT2D eigenvalue weighted by Gasteiger charge is -2.29. The van der Waals surface area contributed by atoms with Gasteiger partial charge in [-0.3, -0.25) is 0 Å². The number of aryl methyl sites for hydroxylation is 1. The van der Waals surface area contributed by atoms with Gasteiger partial charge in [0.1, 0.15) is 11.6 Å². The van der Waals surface area contributed by atoms with E-state index in [0.29, 0.717) is 23.8 Å². The highest BCUT2D eigenvalue weighted by Crippen LogP contribution is 2.27. The molecule has 0 amide bonds. The first kappa shape index (κ1) is 22.8. The Morgan fingerprint density at radius 2 is 1.70 bits per heavy atom. The van der Waals surface area contributed by atoms with Gasteiger partial charge in [-0.05, 0) is 42.5 Å². The van der Waals surface area contributed by atoms with Crippen LogP contribution in [0.25, 0.3) is 11.1 Å². The first-order valence-electron chi connectivity index (χ1n) is 11.4. The van der Waals surface area contributed by atoms with Gasteiger partial charge in [-0.1, -0.05) is 57.4 Å². The van der Waals surface area contributed by atoms with Crippen LogP contribution in [-0.2, 0) is 15.9 Å². The fourth-order valence-corrected chi connectivity index (χ4v) is 3.77. The highest BCUT2D eigenvalue weighted by Gasteiger charge is 2.21. The molecular weight excluding hydrogens is 379 g/mol. The summed E-state index contributed by atoms with van der Waals surface area (Å²) in [5.41, 5.74) is 2.68. The topological polar surface area (TPSA) is 27.7 Å². The third-order valence-electron chi connectivity index (χ3n) is 5.60. The predicted octanol–water partition coefficient (Wildman–Crippen LogP) is 6.78. The Hall–Kier alpha value is -1.91. The second kappa shape index (κ2) is 12.1. The fraction of sp³-hybridized carbons (Fsp3) is 0.538. The minimum atomic E-state index is -0.256. The lowest BCUT2D eigenvalue weighted by molar-refractivity contribution is -0.203. The van der Waals surface area contributed by atoms with Crippen LogP contribution < -0.4 is 4.74 Å². The monoisotopic (exact) mass is 414 g/mol. The standard InChI is InChI=1S/C26H35FO3/c1-3-5-6-7-21-18-29-26(30-19-21)15-10-20-8-11-22(12-9-20)24-14-13-23(17-25(24)27)28-16-4-2/h8-9,11-14,17,21,26H,3-7,10,15-16,18-19H2,1-2H3. The Morgan fingerprint density at radius 1 is 0.933 bits per heavy atom. The first-order valence-corrected chi connectivity index (χ1v) is 11.4. The number of halogens is 1. The van der Waals surface area contributed by atoms with Gasteiger partial charge < -0.3 is 14.2 Å². The molecule has 0 N–H and O–H groups in total. The molecule has 164 valence electrons. The van der Waals surface area contributed by atoms with Gasteiger partial charge in [-0.25, -0.2) is 4.39 Å². The Morgan fingerprint density at radius 3 is 2.37 bits per heavy atom. The largest absolute Gasteiger partial charge is 0.494 e. The van der Waals surface area contributed by atoms with Gasteiger partial charge >= 0.3 is 0 Å². The van der Waals surface area contributed by atoms with Crippen LogP contribution in [0.3, 0.4) is 0 Å². The highest BCUT2D eigenvalue weighted by molar-refractivity contribution is 5.65. The summed E-state index contributed by atoms with van der Waals surface area (Å²) in [6.45, 7) is 6.48. The Balaban J connectivity index is 1.46. The second-order valence-corrected chi connectivity index (χ2v) is 8.18. The van der Waals surface area contributed by atoms with E-state index in [0.717, 1.165) is 38.0 Å². The summed E-state index contributed by atoms with van der Waals surface area (Å²) >= 11 is 0. The van der Waals surface area contributed by atoms with Gasteiger partial charge in [0, 0.05) is 24.0 Å². The van der Waals surface area contributed by atoms with E-state index in [9.17, 15) is 4.39 Å². The van der Waals surface area contributed by atoms with Crippen LogP contribution in [0.4, 0.5) is 4.39 Å². The molecule has 0 bridgehead atoms. The average Bonchev–Trinajstić information content (AvgIpc) is 2.78. The molecule has 30 heavy (non-hydrogen) atoms. The van der Waals surface area contributed by atoms with E-state index in [1.165, 1.54) is 37.3 Å². The molecule has 1 fully saturated rings. The zero-order chi connectivity index (χ0) is 21.2. The fourth-order valence-electron chi connectivity index (χ4n) is 3.77. The van der Waals surface area contributed by atoms with E-state index in [2.05, 4.69) is 19.1 Å². The van der Waals surface area contributed by atoms with Crippen molar-refractivity contribution in [2.24, 2.45) is 5.92 Å². The molecule has 0 atom stereocenters. The van der Waals surface area contributed by atoms with Gasteiger partial charge in [-0.15, -0.1) is 0 Å². The van der Waals surface area contributed by atoms with E-state index in [1.807, 2.05) is 25.1 Å². The molecule has 4 heteroatoms. The number of unbranched alkanes of at least 4 members (excludes halogenated alkanes) is 2. The maximum atomic E-state index is 14.5. The molecular formula is C26H35FO3. The van der Waals surface area contributed by atoms with Crippen molar-refractivity contribution >= 4 is 0 Å². The number of rotatable bonds is 11. The molecule has 0 saturated carbocycles. The molecule has 1 heterocycles. The van der Waals surface area contributed by atoms with Gasteiger partial charge in [0.05, 0.1) is 19.8 Å². The van der Waals surface area contributed by atoms with Crippen molar-refractivity contribution in [2.75, 3.05) is 19.8 Å². The van der Waals surface area contributed by atoms with Gasteiger partial charge in [0.2, 0.25) is 0 Å². The highest BCUT2D eigenvalue weighted by atomic mass is 19.1. The Kier molecular flexibility index (Phi) is 9.16. The summed E-state index contributed by atoms with van der Waals surface area (Å²) < 4.78 is 31.8. The first-order chi connectivity index (χ1) is 14.7. The summed E-state index contributed by atoms with van der Waals surface area (Å²) in [4.78, 5) is 0.